The minimum Gasteiger partial charge on any atom is -0.459 e. The molecule has 1 aromatic carbocycles. The number of piperazine rings is 1. The van der Waals surface area contributed by atoms with Gasteiger partial charge >= 0.3 is 0 Å². The highest BCUT2D eigenvalue weighted by Crippen LogP contribution is 2.22. The Kier molecular flexibility index (Phi) is 4.89. The molecule has 1 aliphatic rings. The van der Waals surface area contributed by atoms with Crippen LogP contribution in [0.15, 0.2) is 59.5 Å². The molecule has 0 bridgehead atoms. The molecular weight excluding hydrogens is 356 g/mol. The van der Waals surface area contributed by atoms with E-state index in [-0.39, 0.29) is 5.91 Å². The second-order valence-electron chi connectivity index (χ2n) is 6.30. The van der Waals surface area contributed by atoms with Gasteiger partial charge in [-0.15, -0.1) is 0 Å². The highest BCUT2D eigenvalue weighted by molar-refractivity contribution is 5.91. The Morgan fingerprint density at radius 1 is 1.11 bits per heavy atom. The van der Waals surface area contributed by atoms with Gasteiger partial charge in [-0.1, -0.05) is 12.1 Å². The number of carbonyl (C=O) groups excluding carboxylic acids is 1. The Morgan fingerprint density at radius 2 is 1.93 bits per heavy atom. The zero-order valence-electron chi connectivity index (χ0n) is 15.1. The van der Waals surface area contributed by atoms with Gasteiger partial charge < -0.3 is 19.5 Å². The molecule has 140 valence electrons. The van der Waals surface area contributed by atoms with Gasteiger partial charge in [0.25, 0.3) is 5.91 Å². The van der Waals surface area contributed by atoms with Gasteiger partial charge in [-0.25, -0.2) is 9.97 Å². The first-order valence-electron chi connectivity index (χ1n) is 8.90. The molecule has 0 spiro atoms. The Labute approximate surface area is 162 Å². The summed E-state index contributed by atoms with van der Waals surface area (Å²) in [4.78, 5) is 24.9. The molecule has 1 fully saturated rings. The van der Waals surface area contributed by atoms with Gasteiger partial charge in [0.05, 0.1) is 17.5 Å². The third-order valence-corrected chi connectivity index (χ3v) is 4.59. The van der Waals surface area contributed by atoms with Crippen LogP contribution in [-0.2, 0) is 0 Å². The van der Waals surface area contributed by atoms with E-state index in [1.165, 1.54) is 12.6 Å². The van der Waals surface area contributed by atoms with Gasteiger partial charge in [0.1, 0.15) is 24.0 Å². The van der Waals surface area contributed by atoms with E-state index in [1.54, 1.807) is 23.1 Å². The first-order valence-corrected chi connectivity index (χ1v) is 8.90. The molecule has 1 N–H and O–H groups in total. The number of para-hydroxylation sites is 1. The van der Waals surface area contributed by atoms with Crippen LogP contribution in [0, 0.1) is 11.3 Å². The third kappa shape index (κ3) is 3.64. The fourth-order valence-electron chi connectivity index (χ4n) is 3.11. The molecule has 1 aliphatic heterocycles. The van der Waals surface area contributed by atoms with Crippen LogP contribution in [0.25, 0.3) is 0 Å². The van der Waals surface area contributed by atoms with Crippen molar-refractivity contribution in [3.63, 3.8) is 0 Å². The van der Waals surface area contributed by atoms with Crippen molar-refractivity contribution in [1.82, 2.24) is 14.9 Å². The van der Waals surface area contributed by atoms with E-state index in [4.69, 9.17) is 4.42 Å². The monoisotopic (exact) mass is 374 g/mol. The summed E-state index contributed by atoms with van der Waals surface area (Å²) >= 11 is 0. The summed E-state index contributed by atoms with van der Waals surface area (Å²) in [6.45, 7) is 2.50. The van der Waals surface area contributed by atoms with Crippen LogP contribution < -0.4 is 10.2 Å². The molecule has 2 aromatic heterocycles. The molecule has 8 nitrogen and oxygen atoms in total. The van der Waals surface area contributed by atoms with Gasteiger partial charge in [0, 0.05) is 32.2 Å². The predicted octanol–water partition coefficient (Wildman–Crippen LogP) is 2.65. The number of rotatable bonds is 4. The molecule has 0 saturated carbocycles. The van der Waals surface area contributed by atoms with E-state index < -0.39 is 0 Å². The van der Waals surface area contributed by atoms with Gasteiger partial charge in [-0.3, -0.25) is 4.79 Å². The molecule has 8 heteroatoms. The van der Waals surface area contributed by atoms with Crippen molar-refractivity contribution in [2.24, 2.45) is 0 Å². The number of anilines is 3. The van der Waals surface area contributed by atoms with Crippen LogP contribution in [0.3, 0.4) is 0 Å². The molecule has 3 heterocycles. The van der Waals surface area contributed by atoms with Crippen LogP contribution in [-0.4, -0.2) is 47.0 Å². The number of nitrogens with zero attached hydrogens (tertiary/aromatic N) is 5. The number of furan rings is 1. The predicted molar refractivity (Wildman–Crippen MR) is 103 cm³/mol. The Morgan fingerprint density at radius 3 is 2.68 bits per heavy atom. The molecule has 0 unspecified atom stereocenters. The second-order valence-corrected chi connectivity index (χ2v) is 6.30. The summed E-state index contributed by atoms with van der Waals surface area (Å²) in [5.74, 6) is 1.65. The first kappa shape index (κ1) is 17.5. The zero-order valence-corrected chi connectivity index (χ0v) is 15.1. The normalized spacial score (nSPS) is 13.8. The van der Waals surface area contributed by atoms with Crippen LogP contribution in [0.2, 0.25) is 0 Å². The maximum absolute atomic E-state index is 12.4. The van der Waals surface area contributed by atoms with Gasteiger partial charge in [-0.05, 0) is 24.3 Å². The summed E-state index contributed by atoms with van der Waals surface area (Å²) in [5, 5.41) is 12.4. The van der Waals surface area contributed by atoms with Crippen molar-refractivity contribution in [2.75, 3.05) is 36.4 Å². The lowest BCUT2D eigenvalue weighted by Crippen LogP contribution is -2.49. The number of amides is 1. The van der Waals surface area contributed by atoms with Crippen LogP contribution in [0.4, 0.5) is 17.3 Å². The number of hydrogen-bond donors (Lipinski definition) is 1. The minimum absolute atomic E-state index is 0.0946. The van der Waals surface area contributed by atoms with Crippen molar-refractivity contribution in [2.45, 2.75) is 0 Å². The number of nitrogens with one attached hydrogen (secondary N) is 1. The number of aromatic nitrogens is 2. The molecule has 3 aromatic rings. The molecule has 0 aliphatic carbocycles. The van der Waals surface area contributed by atoms with Gasteiger partial charge in [0.15, 0.2) is 5.76 Å². The van der Waals surface area contributed by atoms with E-state index in [2.05, 4.69) is 26.3 Å². The van der Waals surface area contributed by atoms with Crippen LogP contribution >= 0.6 is 0 Å². The molecule has 28 heavy (non-hydrogen) atoms. The molecule has 1 amide bonds. The molecule has 0 atom stereocenters. The van der Waals surface area contributed by atoms with Crippen molar-refractivity contribution in [3.05, 3.63) is 66.4 Å². The number of nitriles is 1. The fraction of sp³-hybridized carbons (Fsp3) is 0.200. The van der Waals surface area contributed by atoms with E-state index in [0.717, 1.165) is 5.82 Å². The van der Waals surface area contributed by atoms with E-state index >= 15 is 0 Å². The lowest BCUT2D eigenvalue weighted by atomic mass is 10.2. The summed E-state index contributed by atoms with van der Waals surface area (Å²) in [5.41, 5.74) is 1.25. The summed E-state index contributed by atoms with van der Waals surface area (Å²) in [6.07, 6.45) is 3.00. The fourth-order valence-corrected chi connectivity index (χ4v) is 3.11. The Balaban J connectivity index is 1.43. The molecule has 0 radical (unpaired) electrons. The first-order chi connectivity index (χ1) is 13.7. The summed E-state index contributed by atoms with van der Waals surface area (Å²) in [7, 11) is 0. The largest absolute Gasteiger partial charge is 0.459 e. The maximum Gasteiger partial charge on any atom is 0.289 e. The average Bonchev–Trinajstić information content (AvgIpc) is 3.29. The molecule has 4 rings (SSSR count). The minimum atomic E-state index is -0.0946. The lowest BCUT2D eigenvalue weighted by Gasteiger charge is -2.35. The Hall–Kier alpha value is -3.86. The zero-order chi connectivity index (χ0) is 19.3. The van der Waals surface area contributed by atoms with Crippen LogP contribution in [0.1, 0.15) is 16.1 Å². The van der Waals surface area contributed by atoms with E-state index in [9.17, 15) is 10.1 Å². The number of hydrogen-bond acceptors (Lipinski definition) is 7. The summed E-state index contributed by atoms with van der Waals surface area (Å²) < 4.78 is 5.19. The topological polar surface area (TPSA) is 98.3 Å². The Bertz CT molecular complexity index is 1000. The van der Waals surface area contributed by atoms with Crippen molar-refractivity contribution in [1.29, 1.82) is 5.26 Å². The standard InChI is InChI=1S/C20H18N6O2/c21-13-15-4-1-2-5-16(15)24-18-12-19(23-14-22-18)25-7-9-26(10-8-25)20(27)17-6-3-11-28-17/h1-6,11-12,14H,7-10H2,(H,22,23,24). The lowest BCUT2D eigenvalue weighted by molar-refractivity contribution is 0.0714. The quantitative estimate of drug-likeness (QED) is 0.749. The smallest absolute Gasteiger partial charge is 0.289 e. The highest BCUT2D eigenvalue weighted by Gasteiger charge is 2.24. The number of benzene rings is 1. The number of carbonyl (C=O) groups is 1. The van der Waals surface area contributed by atoms with Gasteiger partial charge in [-0.2, -0.15) is 5.26 Å². The van der Waals surface area contributed by atoms with Crippen molar-refractivity contribution >= 4 is 23.2 Å². The SMILES string of the molecule is N#Cc1ccccc1Nc1cc(N2CCN(C(=O)c3ccco3)CC2)ncn1. The third-order valence-electron chi connectivity index (χ3n) is 4.59. The van der Waals surface area contributed by atoms with Crippen molar-refractivity contribution < 1.29 is 9.21 Å². The molecule has 1 saturated heterocycles. The van der Waals surface area contributed by atoms with Gasteiger partial charge in [0.2, 0.25) is 0 Å². The molecular formula is C20H18N6O2. The van der Waals surface area contributed by atoms with E-state index in [1.807, 2.05) is 24.3 Å². The highest BCUT2D eigenvalue weighted by atomic mass is 16.3. The maximum atomic E-state index is 12.4. The van der Waals surface area contributed by atoms with Crippen molar-refractivity contribution in [3.8, 4) is 6.07 Å². The van der Waals surface area contributed by atoms with Crippen LogP contribution in [0.5, 0.6) is 0 Å². The summed E-state index contributed by atoms with van der Waals surface area (Å²) in [6, 6.07) is 14.7. The van der Waals surface area contributed by atoms with E-state index in [0.29, 0.717) is 49.0 Å². The average molecular weight is 374 g/mol. The second kappa shape index (κ2) is 7.80.